The number of hydrogen-bond acceptors (Lipinski definition) is 7. The Hall–Kier alpha value is -3.43. The van der Waals surface area contributed by atoms with Gasteiger partial charge in [0.15, 0.2) is 0 Å². The third kappa shape index (κ3) is 6.31. The van der Waals surface area contributed by atoms with E-state index in [2.05, 4.69) is 4.90 Å². The first-order chi connectivity index (χ1) is 19.5. The molecule has 1 aliphatic heterocycles. The van der Waals surface area contributed by atoms with E-state index in [-0.39, 0.29) is 18.0 Å². The van der Waals surface area contributed by atoms with E-state index < -0.39 is 0 Å². The van der Waals surface area contributed by atoms with E-state index in [4.69, 9.17) is 25.8 Å². The highest BCUT2D eigenvalue weighted by molar-refractivity contribution is 7.21. The van der Waals surface area contributed by atoms with E-state index >= 15 is 0 Å². The number of amides is 1. The molecule has 1 fully saturated rings. The van der Waals surface area contributed by atoms with Gasteiger partial charge < -0.3 is 19.1 Å². The molecule has 1 saturated heterocycles. The maximum atomic E-state index is 13.3. The lowest BCUT2D eigenvalue weighted by atomic mass is 10.1. The summed E-state index contributed by atoms with van der Waals surface area (Å²) in [5, 5.41) is 1.47. The van der Waals surface area contributed by atoms with Crippen LogP contribution in [-0.4, -0.2) is 68.6 Å². The number of nitrogens with zero attached hydrogens (tertiary/aromatic N) is 2. The van der Waals surface area contributed by atoms with Crippen LogP contribution in [0.25, 0.3) is 10.1 Å². The zero-order chi connectivity index (χ0) is 28.1. The number of carbonyl (C=O) groups excluding carboxylic acids is 2. The molecule has 0 spiro atoms. The molecular formula is C31H31ClN2O5S. The first-order valence-corrected chi connectivity index (χ1v) is 14.3. The molecule has 1 amide bonds. The van der Waals surface area contributed by atoms with Gasteiger partial charge >= 0.3 is 5.97 Å². The normalized spacial score (nSPS) is 14.7. The first kappa shape index (κ1) is 28.1. The standard InChI is InChI=1S/C31H31ClN2O5S/c1-37-24-7-5-6-23(18-24)26(39-20-21-10-12-22(13-11-21)31(36)38-2)19-33-14-16-34(17-15-33)30(35)29-28(32)25-8-3-4-9-27(25)40-29/h3-13,18,26H,14-17,19-20H2,1-2H3. The van der Waals surface area contributed by atoms with Gasteiger partial charge in [0, 0.05) is 42.8 Å². The van der Waals surface area contributed by atoms with Crippen LogP contribution in [0, 0.1) is 0 Å². The molecule has 1 aliphatic rings. The van der Waals surface area contributed by atoms with Crippen molar-refractivity contribution >= 4 is 44.9 Å². The van der Waals surface area contributed by atoms with Crippen molar-refractivity contribution in [3.05, 3.63) is 99.4 Å². The summed E-state index contributed by atoms with van der Waals surface area (Å²) in [7, 11) is 3.02. The average Bonchev–Trinajstić information content (AvgIpc) is 3.35. The molecule has 7 nitrogen and oxygen atoms in total. The van der Waals surface area contributed by atoms with Crippen molar-refractivity contribution in [2.45, 2.75) is 12.7 Å². The summed E-state index contributed by atoms with van der Waals surface area (Å²) in [4.78, 5) is 29.9. The topological polar surface area (TPSA) is 68.3 Å². The van der Waals surface area contributed by atoms with Crippen molar-refractivity contribution < 1.29 is 23.8 Å². The van der Waals surface area contributed by atoms with Crippen LogP contribution in [0.4, 0.5) is 0 Å². The Morgan fingerprint density at radius 3 is 2.40 bits per heavy atom. The summed E-state index contributed by atoms with van der Waals surface area (Å²) in [6, 6.07) is 23.0. The van der Waals surface area contributed by atoms with Gasteiger partial charge in [0.1, 0.15) is 10.6 Å². The minimum absolute atomic E-state index is 0.0122. The summed E-state index contributed by atoms with van der Waals surface area (Å²) in [6.07, 6.45) is -0.213. The minimum Gasteiger partial charge on any atom is -0.497 e. The second-order valence-electron chi connectivity index (χ2n) is 9.60. The second kappa shape index (κ2) is 12.8. The number of thiophene rings is 1. The fourth-order valence-corrected chi connectivity index (χ4v) is 6.29. The summed E-state index contributed by atoms with van der Waals surface area (Å²) in [6.45, 7) is 3.73. The molecule has 9 heteroatoms. The number of piperazine rings is 1. The lowest BCUT2D eigenvalue weighted by Crippen LogP contribution is -2.49. The lowest BCUT2D eigenvalue weighted by molar-refractivity contribution is 0.00337. The molecule has 208 valence electrons. The number of carbonyl (C=O) groups is 2. The summed E-state index contributed by atoms with van der Waals surface area (Å²) >= 11 is 8.03. The molecule has 1 atom stereocenters. The van der Waals surface area contributed by atoms with Crippen molar-refractivity contribution in [2.75, 3.05) is 46.9 Å². The molecular weight excluding hydrogens is 548 g/mol. The fraction of sp³-hybridized carbons (Fsp3) is 0.290. The summed E-state index contributed by atoms with van der Waals surface area (Å²) < 4.78 is 17.7. The molecule has 0 saturated carbocycles. The Kier molecular flexibility index (Phi) is 9.01. The van der Waals surface area contributed by atoms with Crippen LogP contribution < -0.4 is 4.74 Å². The van der Waals surface area contributed by atoms with Gasteiger partial charge in [-0.25, -0.2) is 4.79 Å². The van der Waals surface area contributed by atoms with E-state index in [1.807, 2.05) is 65.6 Å². The van der Waals surface area contributed by atoms with Gasteiger partial charge in [-0.15, -0.1) is 11.3 Å². The van der Waals surface area contributed by atoms with Crippen LogP contribution in [0.3, 0.4) is 0 Å². The van der Waals surface area contributed by atoms with Crippen LogP contribution in [0.2, 0.25) is 5.02 Å². The summed E-state index contributed by atoms with van der Waals surface area (Å²) in [5.41, 5.74) is 2.47. The van der Waals surface area contributed by atoms with E-state index in [0.29, 0.717) is 41.7 Å². The van der Waals surface area contributed by atoms with Crippen molar-refractivity contribution in [3.63, 3.8) is 0 Å². The van der Waals surface area contributed by atoms with E-state index in [1.165, 1.54) is 18.4 Å². The van der Waals surface area contributed by atoms with Crippen LogP contribution in [0.15, 0.2) is 72.8 Å². The molecule has 0 N–H and O–H groups in total. The Labute approximate surface area is 242 Å². The zero-order valence-corrected chi connectivity index (χ0v) is 24.0. The maximum Gasteiger partial charge on any atom is 0.337 e. The predicted octanol–water partition coefficient (Wildman–Crippen LogP) is 6.07. The molecule has 4 aromatic rings. The van der Waals surface area contributed by atoms with Crippen LogP contribution in [0.5, 0.6) is 5.75 Å². The Balaban J connectivity index is 1.24. The number of rotatable bonds is 9. The molecule has 0 aliphatic carbocycles. The minimum atomic E-state index is -0.367. The largest absolute Gasteiger partial charge is 0.497 e. The van der Waals surface area contributed by atoms with Gasteiger partial charge in [0.25, 0.3) is 5.91 Å². The van der Waals surface area contributed by atoms with E-state index in [1.54, 1.807) is 19.2 Å². The highest BCUT2D eigenvalue weighted by atomic mass is 35.5. The van der Waals surface area contributed by atoms with E-state index in [0.717, 1.165) is 40.1 Å². The maximum absolute atomic E-state index is 13.3. The van der Waals surface area contributed by atoms with E-state index in [9.17, 15) is 9.59 Å². The molecule has 0 bridgehead atoms. The van der Waals surface area contributed by atoms with Gasteiger partial charge in [-0.1, -0.05) is 54.1 Å². The van der Waals surface area contributed by atoms with Crippen molar-refractivity contribution in [1.29, 1.82) is 0 Å². The first-order valence-electron chi connectivity index (χ1n) is 13.1. The molecule has 1 unspecified atom stereocenters. The van der Waals surface area contributed by atoms with Gasteiger partial charge in [0.2, 0.25) is 0 Å². The number of methoxy groups -OCH3 is 2. The Bertz CT molecular complexity index is 1480. The van der Waals surface area contributed by atoms with Crippen molar-refractivity contribution in [1.82, 2.24) is 9.80 Å². The average molecular weight is 579 g/mol. The predicted molar refractivity (Wildman–Crippen MR) is 157 cm³/mol. The Morgan fingerprint density at radius 1 is 0.950 bits per heavy atom. The van der Waals surface area contributed by atoms with Crippen molar-refractivity contribution in [3.8, 4) is 5.75 Å². The smallest absolute Gasteiger partial charge is 0.337 e. The Morgan fingerprint density at radius 2 is 1.70 bits per heavy atom. The van der Waals surface area contributed by atoms with Crippen LogP contribution in [0.1, 0.15) is 37.3 Å². The fourth-order valence-electron chi connectivity index (χ4n) is 4.81. The molecule has 3 aromatic carbocycles. The molecule has 5 rings (SSSR count). The lowest BCUT2D eigenvalue weighted by Gasteiger charge is -2.36. The molecule has 40 heavy (non-hydrogen) atoms. The summed E-state index contributed by atoms with van der Waals surface area (Å²) in [5.74, 6) is 0.389. The molecule has 1 aromatic heterocycles. The third-order valence-corrected chi connectivity index (χ3v) is 8.77. The number of ether oxygens (including phenoxy) is 3. The molecule has 0 radical (unpaired) electrons. The zero-order valence-electron chi connectivity index (χ0n) is 22.5. The van der Waals surface area contributed by atoms with Gasteiger partial charge in [-0.2, -0.15) is 0 Å². The monoisotopic (exact) mass is 578 g/mol. The molecule has 2 heterocycles. The number of hydrogen-bond donors (Lipinski definition) is 0. The van der Waals surface area contributed by atoms with Gasteiger partial charge in [0.05, 0.1) is 37.5 Å². The SMILES string of the molecule is COC(=O)c1ccc(COC(CN2CCN(C(=O)c3sc4ccccc4c3Cl)CC2)c2cccc(OC)c2)cc1. The highest BCUT2D eigenvalue weighted by Crippen LogP contribution is 2.36. The van der Waals surface area contributed by atoms with Crippen molar-refractivity contribution in [2.24, 2.45) is 0 Å². The number of esters is 1. The highest BCUT2D eigenvalue weighted by Gasteiger charge is 2.27. The second-order valence-corrected chi connectivity index (χ2v) is 11.0. The third-order valence-electron chi connectivity index (χ3n) is 7.10. The number of fused-ring (bicyclic) bond motifs is 1. The van der Waals surface area contributed by atoms with Crippen LogP contribution in [-0.2, 0) is 16.1 Å². The quantitative estimate of drug-likeness (QED) is 0.225. The van der Waals surface area contributed by atoms with Crippen LogP contribution >= 0.6 is 22.9 Å². The number of halogens is 1. The number of benzene rings is 3. The van der Waals surface area contributed by atoms with Gasteiger partial charge in [-0.05, 0) is 41.5 Å². The van der Waals surface area contributed by atoms with Gasteiger partial charge in [-0.3, -0.25) is 9.69 Å².